The lowest BCUT2D eigenvalue weighted by Gasteiger charge is -2.32. The van der Waals surface area contributed by atoms with Crippen molar-refractivity contribution in [3.8, 4) is 5.69 Å². The van der Waals surface area contributed by atoms with Crippen LogP contribution in [0.5, 0.6) is 0 Å². The van der Waals surface area contributed by atoms with Gasteiger partial charge in [0, 0.05) is 56.9 Å². The number of carbonyl (C=O) groups is 1. The van der Waals surface area contributed by atoms with Gasteiger partial charge < -0.3 is 19.7 Å². The predicted molar refractivity (Wildman–Crippen MR) is 138 cm³/mol. The molecule has 37 heavy (non-hydrogen) atoms. The van der Waals surface area contributed by atoms with Crippen LogP contribution in [0.2, 0.25) is 0 Å². The Kier molecular flexibility index (Phi) is 6.33. The van der Waals surface area contributed by atoms with Crippen molar-refractivity contribution in [2.24, 2.45) is 7.05 Å². The highest BCUT2D eigenvalue weighted by Crippen LogP contribution is 2.36. The number of piperidine rings is 1. The molecule has 4 aromatic rings. The second-order valence-electron chi connectivity index (χ2n) is 10.0. The molecule has 6 rings (SSSR count). The van der Waals surface area contributed by atoms with Crippen molar-refractivity contribution in [3.05, 3.63) is 71.4 Å². The molecule has 2 amide bonds. The lowest BCUT2D eigenvalue weighted by molar-refractivity contribution is 0.181. The Morgan fingerprint density at radius 1 is 1.05 bits per heavy atom. The zero-order valence-electron chi connectivity index (χ0n) is 21.0. The maximum absolute atomic E-state index is 13.6. The maximum atomic E-state index is 13.6. The standard InChI is InChI=1S/C27H31FN8O/c1-33-26(30-31-32-33)17-19-2-7-25-23(16-19)24(18-36(25)22-5-3-21(28)4-6-22)20-8-11-34(12-9-20)14-15-35-13-10-29-27(35)37/h2-7,16,18,20H,8-15,17H2,1H3,(H,29,37). The van der Waals surface area contributed by atoms with E-state index in [9.17, 15) is 9.18 Å². The average molecular weight is 503 g/mol. The summed E-state index contributed by atoms with van der Waals surface area (Å²) in [7, 11) is 1.86. The second kappa shape index (κ2) is 9.93. The number of amides is 2. The maximum Gasteiger partial charge on any atom is 0.317 e. The number of aryl methyl sites for hydroxylation is 1. The molecular formula is C27H31FN8O. The van der Waals surface area contributed by atoms with Gasteiger partial charge in [0.05, 0.1) is 5.52 Å². The van der Waals surface area contributed by atoms with Crippen LogP contribution in [-0.2, 0) is 13.5 Å². The van der Waals surface area contributed by atoms with Gasteiger partial charge in [-0.3, -0.25) is 0 Å². The van der Waals surface area contributed by atoms with Gasteiger partial charge in [0.1, 0.15) is 5.82 Å². The smallest absolute Gasteiger partial charge is 0.317 e. The molecule has 2 aromatic heterocycles. The number of nitrogens with zero attached hydrogens (tertiary/aromatic N) is 7. The summed E-state index contributed by atoms with van der Waals surface area (Å²) < 4.78 is 17.5. The number of rotatable bonds is 7. The summed E-state index contributed by atoms with van der Waals surface area (Å²) in [6.07, 6.45) is 5.02. The third kappa shape index (κ3) is 4.81. The van der Waals surface area contributed by atoms with Crippen LogP contribution in [0.15, 0.2) is 48.7 Å². The number of nitrogens with one attached hydrogen (secondary N) is 1. The van der Waals surface area contributed by atoms with Gasteiger partial charge in [0.2, 0.25) is 0 Å². The Morgan fingerprint density at radius 3 is 2.57 bits per heavy atom. The lowest BCUT2D eigenvalue weighted by atomic mass is 9.88. The van der Waals surface area contributed by atoms with E-state index in [0.717, 1.165) is 74.7 Å². The molecule has 192 valence electrons. The van der Waals surface area contributed by atoms with Gasteiger partial charge in [-0.1, -0.05) is 6.07 Å². The molecule has 4 heterocycles. The molecule has 9 nitrogen and oxygen atoms in total. The van der Waals surface area contributed by atoms with Gasteiger partial charge in [-0.15, -0.1) is 5.10 Å². The van der Waals surface area contributed by atoms with Gasteiger partial charge >= 0.3 is 6.03 Å². The number of fused-ring (bicyclic) bond motifs is 1. The van der Waals surface area contributed by atoms with Gasteiger partial charge in [-0.25, -0.2) is 13.9 Å². The Hall–Kier alpha value is -3.79. The number of urea groups is 1. The third-order valence-electron chi connectivity index (χ3n) is 7.73. The molecule has 2 aliphatic rings. The van der Waals surface area contributed by atoms with E-state index in [1.54, 1.807) is 4.68 Å². The Labute approximate surface area is 214 Å². The zero-order valence-corrected chi connectivity index (χ0v) is 21.0. The number of tetrazole rings is 1. The minimum atomic E-state index is -0.237. The van der Waals surface area contributed by atoms with Gasteiger partial charge in [0.15, 0.2) is 5.82 Å². The van der Waals surface area contributed by atoms with Crippen molar-refractivity contribution in [2.75, 3.05) is 39.3 Å². The van der Waals surface area contributed by atoms with E-state index in [1.807, 2.05) is 24.1 Å². The van der Waals surface area contributed by atoms with E-state index in [1.165, 1.54) is 23.1 Å². The fourth-order valence-corrected chi connectivity index (χ4v) is 5.59. The molecular weight excluding hydrogens is 471 g/mol. The number of carbonyl (C=O) groups excluding carboxylic acids is 1. The fraction of sp³-hybridized carbons (Fsp3) is 0.407. The lowest BCUT2D eigenvalue weighted by Crippen LogP contribution is -2.40. The van der Waals surface area contributed by atoms with E-state index >= 15 is 0 Å². The molecule has 10 heteroatoms. The van der Waals surface area contributed by atoms with E-state index in [-0.39, 0.29) is 11.8 Å². The highest BCUT2D eigenvalue weighted by Gasteiger charge is 2.26. The molecule has 0 spiro atoms. The number of hydrogen-bond acceptors (Lipinski definition) is 5. The molecule has 1 N–H and O–H groups in total. The topological polar surface area (TPSA) is 84.1 Å². The monoisotopic (exact) mass is 502 g/mol. The van der Waals surface area contributed by atoms with E-state index < -0.39 is 0 Å². The summed E-state index contributed by atoms with van der Waals surface area (Å²) >= 11 is 0. The molecule has 2 aromatic carbocycles. The molecule has 0 unspecified atom stereocenters. The molecule has 0 aliphatic carbocycles. The molecule has 0 saturated carbocycles. The average Bonchev–Trinajstić information content (AvgIpc) is 3.62. The normalized spacial score (nSPS) is 17.1. The Bertz CT molecular complexity index is 1400. The van der Waals surface area contributed by atoms with Crippen LogP contribution in [0.3, 0.4) is 0 Å². The predicted octanol–water partition coefficient (Wildman–Crippen LogP) is 3.09. The molecule has 0 radical (unpaired) electrons. The highest BCUT2D eigenvalue weighted by atomic mass is 19.1. The molecule has 2 fully saturated rings. The molecule has 0 atom stereocenters. The van der Waals surface area contributed by atoms with Crippen molar-refractivity contribution >= 4 is 16.9 Å². The first-order chi connectivity index (χ1) is 18.0. The molecule has 2 aliphatic heterocycles. The van der Waals surface area contributed by atoms with Crippen molar-refractivity contribution in [2.45, 2.75) is 25.2 Å². The first kappa shape index (κ1) is 23.6. The number of halogens is 1. The van der Waals surface area contributed by atoms with Crippen LogP contribution in [0.25, 0.3) is 16.6 Å². The number of aromatic nitrogens is 5. The minimum Gasteiger partial charge on any atom is -0.336 e. The second-order valence-corrected chi connectivity index (χ2v) is 10.0. The van der Waals surface area contributed by atoms with Crippen molar-refractivity contribution in [3.63, 3.8) is 0 Å². The number of benzene rings is 2. The first-order valence-corrected chi connectivity index (χ1v) is 12.9. The van der Waals surface area contributed by atoms with Crippen LogP contribution in [0, 0.1) is 5.82 Å². The Morgan fingerprint density at radius 2 is 1.86 bits per heavy atom. The van der Waals surface area contributed by atoms with E-state index in [0.29, 0.717) is 12.3 Å². The van der Waals surface area contributed by atoms with Crippen LogP contribution in [0.4, 0.5) is 9.18 Å². The van der Waals surface area contributed by atoms with Crippen LogP contribution in [-0.4, -0.2) is 79.9 Å². The highest BCUT2D eigenvalue weighted by molar-refractivity contribution is 5.87. The SMILES string of the molecule is Cn1nnnc1Cc1ccc2c(c1)c(C1CCN(CCN3CCNC3=O)CC1)cn2-c1ccc(F)cc1. The fourth-order valence-electron chi connectivity index (χ4n) is 5.59. The summed E-state index contributed by atoms with van der Waals surface area (Å²) in [5, 5.41) is 16.0. The van der Waals surface area contributed by atoms with Gasteiger partial charge in [0.25, 0.3) is 0 Å². The first-order valence-electron chi connectivity index (χ1n) is 12.9. The summed E-state index contributed by atoms with van der Waals surface area (Å²) in [6.45, 7) is 5.24. The molecule has 2 saturated heterocycles. The Balaban J connectivity index is 1.26. The summed E-state index contributed by atoms with van der Waals surface area (Å²) in [5.74, 6) is 1.01. The summed E-state index contributed by atoms with van der Waals surface area (Å²) in [6, 6.07) is 13.3. The quantitative estimate of drug-likeness (QED) is 0.420. The molecule has 0 bridgehead atoms. The van der Waals surface area contributed by atoms with Gasteiger partial charge in [-0.05, 0) is 89.8 Å². The van der Waals surface area contributed by atoms with E-state index in [4.69, 9.17) is 0 Å². The van der Waals surface area contributed by atoms with Gasteiger partial charge in [-0.2, -0.15) is 0 Å². The summed E-state index contributed by atoms with van der Waals surface area (Å²) in [4.78, 5) is 16.2. The van der Waals surface area contributed by atoms with Crippen molar-refractivity contribution in [1.82, 2.24) is 39.9 Å². The van der Waals surface area contributed by atoms with Crippen molar-refractivity contribution < 1.29 is 9.18 Å². The summed E-state index contributed by atoms with van der Waals surface area (Å²) in [5.41, 5.74) is 4.55. The number of likely N-dealkylation sites (tertiary alicyclic amines) is 1. The van der Waals surface area contributed by atoms with Crippen molar-refractivity contribution in [1.29, 1.82) is 0 Å². The van der Waals surface area contributed by atoms with Crippen LogP contribution < -0.4 is 5.32 Å². The zero-order chi connectivity index (χ0) is 25.4. The number of hydrogen-bond donors (Lipinski definition) is 1. The third-order valence-corrected chi connectivity index (χ3v) is 7.73. The minimum absolute atomic E-state index is 0.0522. The van der Waals surface area contributed by atoms with E-state index in [2.05, 4.69) is 54.7 Å². The van der Waals surface area contributed by atoms with Crippen LogP contribution >= 0.6 is 0 Å². The largest absolute Gasteiger partial charge is 0.336 e. The van der Waals surface area contributed by atoms with Crippen LogP contribution in [0.1, 0.15) is 35.7 Å².